The molecule has 0 radical (unpaired) electrons. The molecule has 30 heavy (non-hydrogen) atoms. The van der Waals surface area contributed by atoms with Crippen molar-refractivity contribution in [2.24, 2.45) is 10.9 Å². The lowest BCUT2D eigenvalue weighted by atomic mass is 9.98. The predicted octanol–water partition coefficient (Wildman–Crippen LogP) is 1.21. The fourth-order valence-electron chi connectivity index (χ4n) is 4.00. The largest absolute Gasteiger partial charge is 0.364 e. The smallest absolute Gasteiger partial charge is 0.220 e. The van der Waals surface area contributed by atoms with Crippen molar-refractivity contribution in [2.45, 2.75) is 45.4 Å². The summed E-state index contributed by atoms with van der Waals surface area (Å²) in [5.74, 6) is 1.58. The zero-order chi connectivity index (χ0) is 21.6. The van der Waals surface area contributed by atoms with Gasteiger partial charge in [0.25, 0.3) is 0 Å². The Morgan fingerprint density at radius 1 is 1.27 bits per heavy atom. The molecule has 0 amide bonds. The third-order valence-electron chi connectivity index (χ3n) is 6.03. The van der Waals surface area contributed by atoms with Crippen LogP contribution in [0, 0.1) is 5.92 Å². The molecule has 0 aromatic carbocycles. The zero-order valence-electron chi connectivity index (χ0n) is 18.5. The number of likely N-dealkylation sites (tertiary alicyclic amines) is 1. The quantitative estimate of drug-likeness (QED) is 0.503. The van der Waals surface area contributed by atoms with Crippen molar-refractivity contribution in [3.63, 3.8) is 0 Å². The molecule has 0 saturated carbocycles. The van der Waals surface area contributed by atoms with Crippen LogP contribution in [0.15, 0.2) is 21.8 Å². The number of rotatable bonds is 7. The maximum absolute atomic E-state index is 12.6. The molecule has 1 N–H and O–H groups in total. The van der Waals surface area contributed by atoms with Gasteiger partial charge in [-0.25, -0.2) is 8.42 Å². The molecule has 1 aromatic rings. The van der Waals surface area contributed by atoms with E-state index in [1.54, 1.807) is 10.4 Å². The summed E-state index contributed by atoms with van der Waals surface area (Å²) in [6, 6.07) is 2.00. The molecule has 2 fully saturated rings. The highest BCUT2D eigenvalue weighted by Gasteiger charge is 2.29. The molecule has 0 aliphatic carbocycles. The fraction of sp³-hybridized carbons (Fsp3) is 0.800. The van der Waals surface area contributed by atoms with E-state index in [4.69, 9.17) is 9.52 Å². The Hall–Kier alpha value is -1.65. The Bertz CT molecular complexity index is 766. The Morgan fingerprint density at radius 2 is 1.97 bits per heavy atom. The molecule has 9 nitrogen and oxygen atoms in total. The van der Waals surface area contributed by atoms with E-state index in [0.717, 1.165) is 38.1 Å². The molecule has 2 aliphatic rings. The van der Waals surface area contributed by atoms with E-state index in [2.05, 4.69) is 41.0 Å². The van der Waals surface area contributed by atoms with Crippen molar-refractivity contribution in [2.75, 3.05) is 52.4 Å². The second-order valence-corrected chi connectivity index (χ2v) is 10.4. The Morgan fingerprint density at radius 3 is 2.57 bits per heavy atom. The summed E-state index contributed by atoms with van der Waals surface area (Å²) in [7, 11) is -3.40. The molecule has 1 atom stereocenters. The van der Waals surface area contributed by atoms with Crippen molar-refractivity contribution < 1.29 is 12.9 Å². The number of aromatic nitrogens is 1. The summed E-state index contributed by atoms with van der Waals surface area (Å²) >= 11 is 0. The topological polar surface area (TPSA) is 94.3 Å². The van der Waals surface area contributed by atoms with Gasteiger partial charge in [-0.1, -0.05) is 12.1 Å². The van der Waals surface area contributed by atoms with Gasteiger partial charge in [-0.05, 0) is 45.7 Å². The van der Waals surface area contributed by atoms with Crippen LogP contribution >= 0.6 is 0 Å². The van der Waals surface area contributed by atoms with E-state index in [0.29, 0.717) is 37.9 Å². The molecule has 3 rings (SSSR count). The van der Waals surface area contributed by atoms with Gasteiger partial charge >= 0.3 is 0 Å². The standard InChI is InChI=1S/C20H36N6O3S/c1-4-21-20(22-15-18(3)24-8-5-17(2)6-9-24)25-10-12-26(13-11-25)30(27,28)16-19-7-14-29-23-19/h7,14,17-18H,4-6,8-13,15-16H2,1-3H3,(H,21,22). The Kier molecular flexibility index (Phi) is 8.13. The van der Waals surface area contributed by atoms with Gasteiger partial charge in [0.2, 0.25) is 10.0 Å². The van der Waals surface area contributed by atoms with E-state index in [1.165, 1.54) is 19.1 Å². The zero-order valence-corrected chi connectivity index (χ0v) is 19.3. The second-order valence-electron chi connectivity index (χ2n) is 8.40. The normalized spacial score (nSPS) is 21.7. The lowest BCUT2D eigenvalue weighted by molar-refractivity contribution is 0.150. The number of guanidine groups is 1. The molecule has 3 heterocycles. The molecular formula is C20H36N6O3S. The molecule has 0 bridgehead atoms. The van der Waals surface area contributed by atoms with E-state index >= 15 is 0 Å². The van der Waals surface area contributed by atoms with Crippen molar-refractivity contribution in [1.29, 1.82) is 0 Å². The van der Waals surface area contributed by atoms with Crippen molar-refractivity contribution in [1.82, 2.24) is 24.6 Å². The van der Waals surface area contributed by atoms with Crippen LogP contribution in [-0.2, 0) is 15.8 Å². The first-order valence-electron chi connectivity index (χ1n) is 11.0. The molecule has 2 saturated heterocycles. The SMILES string of the molecule is CCNC(=NCC(C)N1CCC(C)CC1)N1CCN(S(=O)(=O)Cc2ccon2)CC1. The number of nitrogens with one attached hydrogen (secondary N) is 1. The number of hydrogen-bond donors (Lipinski definition) is 1. The number of piperidine rings is 1. The van der Waals surface area contributed by atoms with Crippen LogP contribution < -0.4 is 5.32 Å². The first kappa shape index (κ1) is 23.0. The minimum atomic E-state index is -3.40. The second kappa shape index (κ2) is 10.6. The van der Waals surface area contributed by atoms with Gasteiger partial charge in [0.05, 0.1) is 12.2 Å². The highest BCUT2D eigenvalue weighted by atomic mass is 32.2. The van der Waals surface area contributed by atoms with Gasteiger partial charge in [-0.3, -0.25) is 9.89 Å². The average molecular weight is 441 g/mol. The van der Waals surface area contributed by atoms with Gasteiger partial charge < -0.3 is 14.7 Å². The maximum atomic E-state index is 12.6. The van der Waals surface area contributed by atoms with Crippen LogP contribution in [0.5, 0.6) is 0 Å². The summed E-state index contributed by atoms with van der Waals surface area (Å²) in [5, 5.41) is 7.10. The van der Waals surface area contributed by atoms with Crippen LogP contribution in [-0.4, -0.2) is 92.0 Å². The molecular weight excluding hydrogens is 404 g/mol. The van der Waals surface area contributed by atoms with Crippen LogP contribution in [0.1, 0.15) is 39.3 Å². The number of aliphatic imine (C=N–C) groups is 1. The molecule has 0 spiro atoms. The molecule has 1 aromatic heterocycles. The highest BCUT2D eigenvalue weighted by Crippen LogP contribution is 2.18. The van der Waals surface area contributed by atoms with E-state index in [-0.39, 0.29) is 5.75 Å². The average Bonchev–Trinajstić information content (AvgIpc) is 3.24. The molecule has 170 valence electrons. The lowest BCUT2D eigenvalue weighted by Gasteiger charge is -2.37. The van der Waals surface area contributed by atoms with E-state index in [9.17, 15) is 8.42 Å². The van der Waals surface area contributed by atoms with Crippen LogP contribution in [0.25, 0.3) is 0 Å². The third kappa shape index (κ3) is 6.18. The van der Waals surface area contributed by atoms with Gasteiger partial charge in [0.15, 0.2) is 5.96 Å². The number of nitrogens with zero attached hydrogens (tertiary/aromatic N) is 5. The Labute approximate surface area is 180 Å². The molecule has 10 heteroatoms. The number of hydrogen-bond acceptors (Lipinski definition) is 6. The minimum Gasteiger partial charge on any atom is -0.364 e. The van der Waals surface area contributed by atoms with Crippen LogP contribution in [0.2, 0.25) is 0 Å². The summed E-state index contributed by atoms with van der Waals surface area (Å²) in [5.41, 5.74) is 0.438. The first-order valence-corrected chi connectivity index (χ1v) is 12.6. The van der Waals surface area contributed by atoms with Gasteiger partial charge in [-0.15, -0.1) is 0 Å². The lowest BCUT2D eigenvalue weighted by Crippen LogP contribution is -2.54. The first-order chi connectivity index (χ1) is 14.4. The van der Waals surface area contributed by atoms with Gasteiger partial charge in [0, 0.05) is 44.8 Å². The Balaban J connectivity index is 1.53. The van der Waals surface area contributed by atoms with Crippen molar-refractivity contribution in [3.8, 4) is 0 Å². The third-order valence-corrected chi connectivity index (χ3v) is 7.85. The fourth-order valence-corrected chi connectivity index (χ4v) is 5.42. The van der Waals surface area contributed by atoms with Crippen molar-refractivity contribution in [3.05, 3.63) is 18.0 Å². The van der Waals surface area contributed by atoms with Crippen molar-refractivity contribution >= 4 is 16.0 Å². The molecule has 2 aliphatic heterocycles. The summed E-state index contributed by atoms with van der Waals surface area (Å²) < 4.78 is 31.6. The van der Waals surface area contributed by atoms with E-state index in [1.807, 2.05) is 0 Å². The van der Waals surface area contributed by atoms with Gasteiger partial charge in [0.1, 0.15) is 12.0 Å². The molecule has 1 unspecified atom stereocenters. The highest BCUT2D eigenvalue weighted by molar-refractivity contribution is 7.88. The minimum absolute atomic E-state index is 0.121. The maximum Gasteiger partial charge on any atom is 0.220 e. The van der Waals surface area contributed by atoms with Gasteiger partial charge in [-0.2, -0.15) is 4.31 Å². The summed E-state index contributed by atoms with van der Waals surface area (Å²) in [6.07, 6.45) is 3.92. The van der Waals surface area contributed by atoms with E-state index < -0.39 is 10.0 Å². The predicted molar refractivity (Wildman–Crippen MR) is 118 cm³/mol. The number of piperazine rings is 1. The summed E-state index contributed by atoms with van der Waals surface area (Å²) in [6.45, 7) is 12.6. The monoisotopic (exact) mass is 440 g/mol. The number of sulfonamides is 1. The van der Waals surface area contributed by atoms with Crippen LogP contribution in [0.4, 0.5) is 0 Å². The van der Waals surface area contributed by atoms with Crippen LogP contribution in [0.3, 0.4) is 0 Å². The summed E-state index contributed by atoms with van der Waals surface area (Å²) in [4.78, 5) is 9.57.